The maximum absolute atomic E-state index is 11.8. The van der Waals surface area contributed by atoms with Crippen molar-refractivity contribution in [3.8, 4) is 5.75 Å². The van der Waals surface area contributed by atoms with Crippen molar-refractivity contribution < 1.29 is 14.6 Å². The zero-order chi connectivity index (χ0) is 16.5. The van der Waals surface area contributed by atoms with Gasteiger partial charge in [-0.3, -0.25) is 4.79 Å². The summed E-state index contributed by atoms with van der Waals surface area (Å²) in [6, 6.07) is 7.84. The number of nitrogens with one attached hydrogen (secondary N) is 1. The van der Waals surface area contributed by atoms with Gasteiger partial charge in [-0.2, -0.15) is 0 Å². The van der Waals surface area contributed by atoms with Crippen LogP contribution in [0, 0.1) is 5.92 Å². The highest BCUT2D eigenvalue weighted by Gasteiger charge is 2.16. The van der Waals surface area contributed by atoms with Crippen LogP contribution in [0.4, 0.5) is 0 Å². The Morgan fingerprint density at radius 3 is 2.96 bits per heavy atom. The van der Waals surface area contributed by atoms with Gasteiger partial charge in [0.15, 0.2) is 0 Å². The standard InChI is InChI=1S/C19H27NO3/c1-15(11-12-21)14-20-19(22)10-9-16-5-4-8-18(13-16)23-17-6-2-3-7-17/h4-5,8-10,13,15,17,21H,2-3,6-7,11-12,14H2,1H3,(H,20,22)/b10-9+. The van der Waals surface area contributed by atoms with Gasteiger partial charge in [0.1, 0.15) is 5.75 Å². The molecule has 0 aliphatic heterocycles. The van der Waals surface area contributed by atoms with E-state index >= 15 is 0 Å². The summed E-state index contributed by atoms with van der Waals surface area (Å²) in [6.45, 7) is 2.74. The van der Waals surface area contributed by atoms with Gasteiger partial charge in [0, 0.05) is 19.2 Å². The van der Waals surface area contributed by atoms with Crippen molar-refractivity contribution in [2.75, 3.05) is 13.2 Å². The lowest BCUT2D eigenvalue weighted by molar-refractivity contribution is -0.116. The molecule has 1 unspecified atom stereocenters. The van der Waals surface area contributed by atoms with E-state index in [1.165, 1.54) is 12.8 Å². The Balaban J connectivity index is 1.82. The van der Waals surface area contributed by atoms with Crippen molar-refractivity contribution >= 4 is 12.0 Å². The van der Waals surface area contributed by atoms with Crippen LogP contribution in [0.1, 0.15) is 44.6 Å². The molecule has 126 valence electrons. The van der Waals surface area contributed by atoms with Gasteiger partial charge in [-0.25, -0.2) is 0 Å². The fourth-order valence-corrected chi connectivity index (χ4v) is 2.72. The number of ether oxygens (including phenoxy) is 1. The fraction of sp³-hybridized carbons (Fsp3) is 0.526. The average Bonchev–Trinajstić information content (AvgIpc) is 3.04. The number of hydrogen-bond donors (Lipinski definition) is 2. The lowest BCUT2D eigenvalue weighted by atomic mass is 10.1. The Bertz CT molecular complexity index is 521. The molecular weight excluding hydrogens is 290 g/mol. The van der Waals surface area contributed by atoms with Crippen molar-refractivity contribution in [1.82, 2.24) is 5.32 Å². The van der Waals surface area contributed by atoms with Gasteiger partial charge in [-0.05, 0) is 61.8 Å². The van der Waals surface area contributed by atoms with Crippen LogP contribution in [-0.4, -0.2) is 30.3 Å². The van der Waals surface area contributed by atoms with Gasteiger partial charge in [0.25, 0.3) is 0 Å². The molecule has 0 heterocycles. The Kier molecular flexibility index (Phi) is 7.14. The number of benzene rings is 1. The molecule has 4 nitrogen and oxygen atoms in total. The Morgan fingerprint density at radius 2 is 2.22 bits per heavy atom. The molecule has 0 aromatic heterocycles. The number of hydrogen-bond acceptors (Lipinski definition) is 3. The highest BCUT2D eigenvalue weighted by atomic mass is 16.5. The van der Waals surface area contributed by atoms with Crippen molar-refractivity contribution in [2.24, 2.45) is 5.92 Å². The monoisotopic (exact) mass is 317 g/mol. The molecule has 23 heavy (non-hydrogen) atoms. The number of amides is 1. The molecule has 0 bridgehead atoms. The van der Waals surface area contributed by atoms with Crippen LogP contribution in [0.2, 0.25) is 0 Å². The highest BCUT2D eigenvalue weighted by Crippen LogP contribution is 2.24. The van der Waals surface area contributed by atoms with Gasteiger partial charge in [0.05, 0.1) is 6.10 Å². The topological polar surface area (TPSA) is 58.6 Å². The SMILES string of the molecule is CC(CCO)CNC(=O)/C=C/c1cccc(OC2CCCC2)c1. The molecule has 1 aromatic rings. The third kappa shape index (κ3) is 6.45. The smallest absolute Gasteiger partial charge is 0.244 e. The fourth-order valence-electron chi connectivity index (χ4n) is 2.72. The summed E-state index contributed by atoms with van der Waals surface area (Å²) in [5.41, 5.74) is 0.957. The predicted molar refractivity (Wildman–Crippen MR) is 92.2 cm³/mol. The molecule has 1 aromatic carbocycles. The third-order valence-corrected chi connectivity index (χ3v) is 4.14. The number of rotatable bonds is 8. The number of aliphatic hydroxyl groups is 1. The minimum atomic E-state index is -0.114. The third-order valence-electron chi connectivity index (χ3n) is 4.14. The summed E-state index contributed by atoms with van der Waals surface area (Å²) >= 11 is 0. The molecule has 1 atom stereocenters. The van der Waals surface area contributed by atoms with Crippen LogP contribution in [-0.2, 0) is 4.79 Å². The van der Waals surface area contributed by atoms with E-state index < -0.39 is 0 Å². The van der Waals surface area contributed by atoms with Crippen LogP contribution in [0.15, 0.2) is 30.3 Å². The zero-order valence-electron chi connectivity index (χ0n) is 13.8. The Labute approximate surface area is 138 Å². The van der Waals surface area contributed by atoms with E-state index in [2.05, 4.69) is 5.32 Å². The maximum Gasteiger partial charge on any atom is 0.244 e. The zero-order valence-corrected chi connectivity index (χ0v) is 13.8. The van der Waals surface area contributed by atoms with Gasteiger partial charge >= 0.3 is 0 Å². The minimum Gasteiger partial charge on any atom is -0.490 e. The molecule has 1 aliphatic rings. The van der Waals surface area contributed by atoms with Crippen molar-refractivity contribution in [3.63, 3.8) is 0 Å². The first kappa shape index (κ1) is 17.5. The van der Waals surface area contributed by atoms with Crippen molar-refractivity contribution in [1.29, 1.82) is 0 Å². The lowest BCUT2D eigenvalue weighted by Crippen LogP contribution is -2.26. The number of carbonyl (C=O) groups is 1. The lowest BCUT2D eigenvalue weighted by Gasteiger charge is -2.13. The Morgan fingerprint density at radius 1 is 1.43 bits per heavy atom. The van der Waals surface area contributed by atoms with Crippen LogP contribution in [0.5, 0.6) is 5.75 Å². The first-order valence-electron chi connectivity index (χ1n) is 8.51. The highest BCUT2D eigenvalue weighted by molar-refractivity contribution is 5.91. The van der Waals surface area contributed by atoms with Crippen LogP contribution >= 0.6 is 0 Å². The summed E-state index contributed by atoms with van der Waals surface area (Å²) in [6.07, 6.45) is 9.14. The van der Waals surface area contributed by atoms with Gasteiger partial charge in [0.2, 0.25) is 5.91 Å². The van der Waals surface area contributed by atoms with E-state index in [4.69, 9.17) is 9.84 Å². The second kappa shape index (κ2) is 9.36. The second-order valence-electron chi connectivity index (χ2n) is 6.29. The molecular formula is C19H27NO3. The molecule has 4 heteroatoms. The molecule has 0 radical (unpaired) electrons. The van der Waals surface area contributed by atoms with E-state index in [0.717, 1.165) is 24.2 Å². The van der Waals surface area contributed by atoms with E-state index in [-0.39, 0.29) is 18.4 Å². The summed E-state index contributed by atoms with van der Waals surface area (Å²) in [7, 11) is 0. The second-order valence-corrected chi connectivity index (χ2v) is 6.29. The summed E-state index contributed by atoms with van der Waals surface area (Å²) in [4.78, 5) is 11.8. The number of aliphatic hydroxyl groups excluding tert-OH is 1. The molecule has 1 fully saturated rings. The summed E-state index contributed by atoms with van der Waals surface area (Å²) in [5, 5.41) is 11.7. The first-order chi connectivity index (χ1) is 11.2. The summed E-state index contributed by atoms with van der Waals surface area (Å²) < 4.78 is 5.97. The van der Waals surface area contributed by atoms with Gasteiger partial charge < -0.3 is 15.2 Å². The first-order valence-corrected chi connectivity index (χ1v) is 8.51. The van der Waals surface area contributed by atoms with E-state index in [9.17, 15) is 4.79 Å². The maximum atomic E-state index is 11.8. The van der Waals surface area contributed by atoms with Crippen molar-refractivity contribution in [3.05, 3.63) is 35.9 Å². The van der Waals surface area contributed by atoms with Crippen molar-refractivity contribution in [2.45, 2.75) is 45.1 Å². The molecule has 2 N–H and O–H groups in total. The number of carbonyl (C=O) groups excluding carboxylic acids is 1. The van der Waals surface area contributed by atoms with Crippen LogP contribution in [0.3, 0.4) is 0 Å². The van der Waals surface area contributed by atoms with Crippen LogP contribution < -0.4 is 10.1 Å². The average molecular weight is 317 g/mol. The largest absolute Gasteiger partial charge is 0.490 e. The Hall–Kier alpha value is -1.81. The molecule has 0 spiro atoms. The molecule has 1 saturated carbocycles. The quantitative estimate of drug-likeness (QED) is 0.724. The normalized spacial score (nSPS) is 16.6. The molecule has 1 amide bonds. The van der Waals surface area contributed by atoms with E-state index in [1.807, 2.05) is 31.2 Å². The summed E-state index contributed by atoms with van der Waals surface area (Å²) in [5.74, 6) is 1.04. The predicted octanol–water partition coefficient (Wildman–Crippen LogP) is 3.16. The van der Waals surface area contributed by atoms with E-state index in [1.54, 1.807) is 12.2 Å². The molecule has 2 rings (SSSR count). The van der Waals surface area contributed by atoms with Crippen LogP contribution in [0.25, 0.3) is 6.08 Å². The molecule has 1 aliphatic carbocycles. The van der Waals surface area contributed by atoms with Gasteiger partial charge in [-0.15, -0.1) is 0 Å². The van der Waals surface area contributed by atoms with E-state index in [0.29, 0.717) is 19.1 Å². The minimum absolute atomic E-state index is 0.114. The van der Waals surface area contributed by atoms with Gasteiger partial charge in [-0.1, -0.05) is 19.1 Å². The molecule has 0 saturated heterocycles.